The number of benzene rings is 1. The Morgan fingerprint density at radius 1 is 1.50 bits per heavy atom. The van der Waals surface area contributed by atoms with Crippen molar-refractivity contribution in [3.63, 3.8) is 0 Å². The van der Waals surface area contributed by atoms with E-state index in [4.69, 9.17) is 14.3 Å². The highest BCUT2D eigenvalue weighted by atomic mass is 16.5. The molecule has 0 aliphatic carbocycles. The minimum atomic E-state index is -1.14. The van der Waals surface area contributed by atoms with Gasteiger partial charge < -0.3 is 14.3 Å². The molecule has 2 aromatic rings. The van der Waals surface area contributed by atoms with E-state index in [1.54, 1.807) is 0 Å². The average molecular weight is 247 g/mol. The Morgan fingerprint density at radius 2 is 2.28 bits per heavy atom. The van der Waals surface area contributed by atoms with Crippen molar-refractivity contribution in [2.24, 2.45) is 0 Å². The van der Waals surface area contributed by atoms with Gasteiger partial charge in [0.25, 0.3) is 0 Å². The molecule has 0 bridgehead atoms. The molecule has 94 valence electrons. The number of carboxylic acid groups (broad SMARTS) is 1. The topological polar surface area (TPSA) is 72.6 Å². The number of carbonyl (C=O) groups is 1. The van der Waals surface area contributed by atoms with Crippen LogP contribution in [-0.4, -0.2) is 23.2 Å². The van der Waals surface area contributed by atoms with Crippen molar-refractivity contribution in [3.05, 3.63) is 41.3 Å². The summed E-state index contributed by atoms with van der Waals surface area (Å²) in [6.45, 7) is 2.05. The van der Waals surface area contributed by atoms with Crippen LogP contribution in [0.15, 0.2) is 28.7 Å². The van der Waals surface area contributed by atoms with Gasteiger partial charge in [-0.25, -0.2) is 9.78 Å². The summed E-state index contributed by atoms with van der Waals surface area (Å²) in [4.78, 5) is 15.2. The lowest BCUT2D eigenvalue weighted by Gasteiger charge is -1.96. The third kappa shape index (κ3) is 2.41. The minimum Gasteiger partial charge on any atom is -0.475 e. The van der Waals surface area contributed by atoms with Gasteiger partial charge in [-0.2, -0.15) is 0 Å². The number of methoxy groups -OCH3 is 1. The Morgan fingerprint density at radius 3 is 2.89 bits per heavy atom. The highest BCUT2D eigenvalue weighted by molar-refractivity contribution is 5.86. The molecule has 1 N–H and O–H groups in total. The van der Waals surface area contributed by atoms with Crippen LogP contribution < -0.4 is 0 Å². The fraction of sp³-hybridized carbons (Fsp3) is 0.231. The monoisotopic (exact) mass is 247 g/mol. The average Bonchev–Trinajstić information content (AvgIpc) is 2.74. The Hall–Kier alpha value is -2.14. The zero-order valence-electron chi connectivity index (χ0n) is 10.1. The second-order valence-corrected chi connectivity index (χ2v) is 3.90. The van der Waals surface area contributed by atoms with Gasteiger partial charge in [-0.3, -0.25) is 0 Å². The molecule has 0 saturated heterocycles. The van der Waals surface area contributed by atoms with Crippen LogP contribution >= 0.6 is 0 Å². The van der Waals surface area contributed by atoms with Gasteiger partial charge in [-0.15, -0.1) is 0 Å². The quantitative estimate of drug-likeness (QED) is 0.898. The molecule has 1 heterocycles. The van der Waals surface area contributed by atoms with E-state index in [1.165, 1.54) is 7.11 Å². The lowest BCUT2D eigenvalue weighted by Crippen LogP contribution is -2.00. The smallest absolute Gasteiger partial charge is 0.373 e. The first kappa shape index (κ1) is 12.3. The second-order valence-electron chi connectivity index (χ2n) is 3.90. The molecule has 0 atom stereocenters. The van der Waals surface area contributed by atoms with Gasteiger partial charge in [0.05, 0.1) is 6.61 Å². The van der Waals surface area contributed by atoms with E-state index in [0.717, 1.165) is 11.1 Å². The molecular formula is C13H13NO4. The van der Waals surface area contributed by atoms with Gasteiger partial charge in [-0.1, -0.05) is 17.7 Å². The fourth-order valence-corrected chi connectivity index (χ4v) is 1.65. The zero-order valence-corrected chi connectivity index (χ0v) is 10.1. The summed E-state index contributed by atoms with van der Waals surface area (Å²) in [7, 11) is 1.48. The number of aryl methyl sites for hydroxylation is 1. The van der Waals surface area contributed by atoms with Crippen molar-refractivity contribution in [2.75, 3.05) is 7.11 Å². The highest BCUT2D eigenvalue weighted by Gasteiger charge is 2.20. The van der Waals surface area contributed by atoms with Crippen LogP contribution in [0.1, 0.15) is 21.8 Å². The van der Waals surface area contributed by atoms with Gasteiger partial charge in [-0.05, 0) is 19.1 Å². The molecule has 0 unspecified atom stereocenters. The van der Waals surface area contributed by atoms with E-state index >= 15 is 0 Å². The Bertz CT molecular complexity index is 574. The maximum Gasteiger partial charge on any atom is 0.373 e. The van der Waals surface area contributed by atoms with E-state index in [2.05, 4.69) is 4.98 Å². The largest absolute Gasteiger partial charge is 0.475 e. The molecule has 5 heteroatoms. The number of carboxylic acids is 1. The number of aromatic nitrogens is 1. The maximum atomic E-state index is 11.0. The van der Waals surface area contributed by atoms with Crippen molar-refractivity contribution in [1.29, 1.82) is 0 Å². The summed E-state index contributed by atoms with van der Waals surface area (Å²) in [5, 5.41) is 9.02. The summed E-state index contributed by atoms with van der Waals surface area (Å²) in [6, 6.07) is 7.51. The van der Waals surface area contributed by atoms with E-state index < -0.39 is 5.97 Å². The molecule has 1 aromatic heterocycles. The van der Waals surface area contributed by atoms with Crippen LogP contribution in [0.5, 0.6) is 0 Å². The normalized spacial score (nSPS) is 10.6. The minimum absolute atomic E-state index is 0.108. The van der Waals surface area contributed by atoms with E-state index in [1.807, 2.05) is 31.2 Å². The zero-order chi connectivity index (χ0) is 13.1. The molecule has 0 aliphatic rings. The summed E-state index contributed by atoms with van der Waals surface area (Å²) in [5.74, 6) is -1.02. The first-order valence-electron chi connectivity index (χ1n) is 5.41. The predicted molar refractivity (Wildman–Crippen MR) is 64.3 cm³/mol. The van der Waals surface area contributed by atoms with Crippen molar-refractivity contribution in [3.8, 4) is 11.5 Å². The van der Waals surface area contributed by atoms with Gasteiger partial charge >= 0.3 is 5.97 Å². The van der Waals surface area contributed by atoms with E-state index in [-0.39, 0.29) is 12.4 Å². The molecule has 0 spiro atoms. The lowest BCUT2D eigenvalue weighted by atomic mass is 10.1. The maximum absolute atomic E-state index is 11.0. The number of aromatic carboxylic acids is 1. The number of oxazole rings is 1. The van der Waals surface area contributed by atoms with E-state index in [0.29, 0.717) is 11.6 Å². The van der Waals surface area contributed by atoms with Crippen LogP contribution in [0.2, 0.25) is 0 Å². The predicted octanol–water partition coefficient (Wildman–Crippen LogP) is 2.49. The van der Waals surface area contributed by atoms with Crippen molar-refractivity contribution in [1.82, 2.24) is 4.98 Å². The van der Waals surface area contributed by atoms with Gasteiger partial charge in [0.15, 0.2) is 0 Å². The Kier molecular flexibility index (Phi) is 3.43. The van der Waals surface area contributed by atoms with Gasteiger partial charge in [0.2, 0.25) is 11.7 Å². The standard InChI is InChI=1S/C13H13NO4/c1-8-4-3-5-9(6-8)12-14-10(7-17-2)11(18-12)13(15)16/h3-6H,7H2,1-2H3,(H,15,16). The molecule has 0 saturated carbocycles. The first-order valence-corrected chi connectivity index (χ1v) is 5.41. The second kappa shape index (κ2) is 5.01. The fourth-order valence-electron chi connectivity index (χ4n) is 1.65. The highest BCUT2D eigenvalue weighted by Crippen LogP contribution is 2.23. The Labute approximate surface area is 104 Å². The summed E-state index contributed by atoms with van der Waals surface area (Å²) < 4.78 is 10.2. The Balaban J connectivity index is 2.46. The first-order chi connectivity index (χ1) is 8.61. The van der Waals surface area contributed by atoms with Crippen LogP contribution in [0.4, 0.5) is 0 Å². The van der Waals surface area contributed by atoms with Crippen LogP contribution in [0.25, 0.3) is 11.5 Å². The third-order valence-corrected chi connectivity index (χ3v) is 2.44. The van der Waals surface area contributed by atoms with Crippen LogP contribution in [0.3, 0.4) is 0 Å². The molecule has 0 fully saturated rings. The molecule has 0 amide bonds. The van der Waals surface area contributed by atoms with Gasteiger partial charge in [0.1, 0.15) is 5.69 Å². The number of rotatable bonds is 4. The van der Waals surface area contributed by atoms with Crippen molar-refractivity contribution < 1.29 is 19.1 Å². The lowest BCUT2D eigenvalue weighted by molar-refractivity contribution is 0.0656. The van der Waals surface area contributed by atoms with Crippen LogP contribution in [0, 0.1) is 6.92 Å². The summed E-state index contributed by atoms with van der Waals surface area (Å²) >= 11 is 0. The molecule has 5 nitrogen and oxygen atoms in total. The third-order valence-electron chi connectivity index (χ3n) is 2.44. The number of hydrogen-bond donors (Lipinski definition) is 1. The summed E-state index contributed by atoms with van der Waals surface area (Å²) in [5.41, 5.74) is 2.09. The van der Waals surface area contributed by atoms with Crippen molar-refractivity contribution in [2.45, 2.75) is 13.5 Å². The summed E-state index contributed by atoms with van der Waals surface area (Å²) in [6.07, 6.45) is 0. The molecular weight excluding hydrogens is 234 g/mol. The number of hydrogen-bond acceptors (Lipinski definition) is 4. The van der Waals surface area contributed by atoms with Crippen molar-refractivity contribution >= 4 is 5.97 Å². The molecule has 0 radical (unpaired) electrons. The van der Waals surface area contributed by atoms with Crippen LogP contribution in [-0.2, 0) is 11.3 Å². The molecule has 2 rings (SSSR count). The number of nitrogens with zero attached hydrogens (tertiary/aromatic N) is 1. The molecule has 0 aliphatic heterocycles. The number of ether oxygens (including phenoxy) is 1. The van der Waals surface area contributed by atoms with Gasteiger partial charge in [0, 0.05) is 12.7 Å². The molecule has 1 aromatic carbocycles. The van der Waals surface area contributed by atoms with E-state index in [9.17, 15) is 4.79 Å². The molecule has 18 heavy (non-hydrogen) atoms. The SMILES string of the molecule is COCc1nc(-c2cccc(C)c2)oc1C(=O)O.